The number of carbonyl (C=O) groups is 1. The van der Waals surface area contributed by atoms with Crippen molar-refractivity contribution >= 4 is 11.7 Å². The fraction of sp³-hybridized carbons (Fsp3) is 0.300. The number of urea groups is 1. The summed E-state index contributed by atoms with van der Waals surface area (Å²) in [5, 5.41) is 11.4. The molecule has 1 saturated heterocycles. The zero-order valence-corrected chi connectivity index (χ0v) is 8.23. The summed E-state index contributed by atoms with van der Waals surface area (Å²) in [6.45, 7) is 1.67. The zero-order chi connectivity index (χ0) is 10.7. The molecule has 0 aromatic heterocycles. The molecule has 2 amide bonds. The molecule has 5 nitrogen and oxygen atoms in total. The number of hydroxylamine groups is 1. The Morgan fingerprint density at radius 3 is 2.93 bits per heavy atom. The monoisotopic (exact) mass is 207 g/mol. The molecule has 0 atom stereocenters. The normalized spacial score (nSPS) is 15.5. The zero-order valence-electron chi connectivity index (χ0n) is 8.23. The van der Waals surface area contributed by atoms with Crippen molar-refractivity contribution in [3.05, 3.63) is 29.8 Å². The molecular weight excluding hydrogens is 194 g/mol. The van der Waals surface area contributed by atoms with Gasteiger partial charge in [-0.25, -0.2) is 10.3 Å². The van der Waals surface area contributed by atoms with Gasteiger partial charge in [-0.15, -0.1) is 0 Å². The van der Waals surface area contributed by atoms with Crippen LogP contribution in [0.4, 0.5) is 10.5 Å². The van der Waals surface area contributed by atoms with Crippen LogP contribution in [0.1, 0.15) is 5.56 Å². The molecule has 0 bridgehead atoms. The van der Waals surface area contributed by atoms with Crippen LogP contribution >= 0.6 is 0 Å². The van der Waals surface area contributed by atoms with E-state index in [1.54, 1.807) is 4.90 Å². The molecule has 1 fully saturated rings. The number of rotatable bonds is 3. The maximum Gasteiger partial charge on any atom is 0.322 e. The van der Waals surface area contributed by atoms with Gasteiger partial charge < -0.3 is 10.5 Å². The Labute approximate surface area is 87.7 Å². The topological polar surface area (TPSA) is 64.6 Å². The number of amides is 2. The van der Waals surface area contributed by atoms with Gasteiger partial charge in [-0.3, -0.25) is 4.90 Å². The molecular formula is C10H13N3O2. The van der Waals surface area contributed by atoms with Crippen molar-refractivity contribution in [2.24, 2.45) is 0 Å². The van der Waals surface area contributed by atoms with Crippen molar-refractivity contribution in [2.45, 2.75) is 6.54 Å². The molecule has 0 radical (unpaired) electrons. The smallest absolute Gasteiger partial charge is 0.322 e. The molecule has 15 heavy (non-hydrogen) atoms. The van der Waals surface area contributed by atoms with Gasteiger partial charge in [0, 0.05) is 19.6 Å². The number of carbonyl (C=O) groups excluding carboxylic acids is 1. The molecule has 0 spiro atoms. The Balaban J connectivity index is 2.29. The van der Waals surface area contributed by atoms with Crippen LogP contribution in [0.15, 0.2) is 24.3 Å². The van der Waals surface area contributed by atoms with Crippen molar-refractivity contribution in [1.82, 2.24) is 10.8 Å². The predicted octanol–water partition coefficient (Wildman–Crippen LogP) is 0.695. The van der Waals surface area contributed by atoms with Crippen LogP contribution in [0.2, 0.25) is 0 Å². The number of hydrogen-bond acceptors (Lipinski definition) is 3. The molecule has 1 aliphatic heterocycles. The second-order valence-electron chi connectivity index (χ2n) is 3.35. The predicted molar refractivity (Wildman–Crippen MR) is 55.8 cm³/mol. The van der Waals surface area contributed by atoms with Crippen molar-refractivity contribution in [3.63, 3.8) is 0 Å². The number of nitrogens with zero attached hydrogens (tertiary/aromatic N) is 1. The second kappa shape index (κ2) is 4.29. The number of nitrogens with one attached hydrogen (secondary N) is 2. The highest BCUT2D eigenvalue weighted by Crippen LogP contribution is 2.21. The van der Waals surface area contributed by atoms with Crippen LogP contribution in [-0.2, 0) is 6.54 Å². The highest BCUT2D eigenvalue weighted by Gasteiger charge is 2.22. The molecule has 0 unspecified atom stereocenters. The van der Waals surface area contributed by atoms with E-state index >= 15 is 0 Å². The van der Waals surface area contributed by atoms with Gasteiger partial charge in [0.2, 0.25) is 0 Å². The van der Waals surface area contributed by atoms with Gasteiger partial charge >= 0.3 is 6.03 Å². The van der Waals surface area contributed by atoms with E-state index in [0.717, 1.165) is 11.3 Å². The summed E-state index contributed by atoms with van der Waals surface area (Å²) in [6, 6.07) is 7.42. The van der Waals surface area contributed by atoms with Gasteiger partial charge in [-0.05, 0) is 11.6 Å². The third-order valence-corrected chi connectivity index (χ3v) is 2.41. The molecule has 1 aliphatic rings. The van der Waals surface area contributed by atoms with Crippen LogP contribution in [0.25, 0.3) is 0 Å². The fourth-order valence-corrected chi connectivity index (χ4v) is 1.71. The Morgan fingerprint density at radius 2 is 2.27 bits per heavy atom. The third-order valence-electron chi connectivity index (χ3n) is 2.41. The largest absolute Gasteiger partial charge is 0.336 e. The first-order chi connectivity index (χ1) is 7.33. The molecule has 0 aliphatic carbocycles. The van der Waals surface area contributed by atoms with Gasteiger partial charge in [-0.2, -0.15) is 0 Å². The van der Waals surface area contributed by atoms with Gasteiger partial charge in [0.15, 0.2) is 0 Å². The van der Waals surface area contributed by atoms with Gasteiger partial charge in [0.25, 0.3) is 0 Å². The van der Waals surface area contributed by atoms with E-state index in [-0.39, 0.29) is 6.03 Å². The summed E-state index contributed by atoms with van der Waals surface area (Å²) in [5.41, 5.74) is 3.85. The Kier molecular flexibility index (Phi) is 2.84. The van der Waals surface area contributed by atoms with Crippen molar-refractivity contribution < 1.29 is 10.0 Å². The Bertz CT molecular complexity index is 367. The second-order valence-corrected chi connectivity index (χ2v) is 3.35. The summed E-state index contributed by atoms with van der Waals surface area (Å²) in [6.07, 6.45) is 0. The van der Waals surface area contributed by atoms with E-state index in [1.165, 1.54) is 0 Å². The maximum atomic E-state index is 11.5. The summed E-state index contributed by atoms with van der Waals surface area (Å²) >= 11 is 0. The first-order valence-electron chi connectivity index (χ1n) is 4.83. The van der Waals surface area contributed by atoms with Crippen molar-refractivity contribution in [1.29, 1.82) is 0 Å². The number of benzene rings is 1. The summed E-state index contributed by atoms with van der Waals surface area (Å²) in [7, 11) is 0. The maximum absolute atomic E-state index is 11.5. The Hall–Kier alpha value is -1.59. The van der Waals surface area contributed by atoms with E-state index in [0.29, 0.717) is 19.6 Å². The van der Waals surface area contributed by atoms with Crippen LogP contribution in [0, 0.1) is 0 Å². The minimum atomic E-state index is -0.0830. The fourth-order valence-electron chi connectivity index (χ4n) is 1.71. The van der Waals surface area contributed by atoms with Crippen LogP contribution in [0.3, 0.4) is 0 Å². The number of anilines is 1. The molecule has 5 heteroatoms. The SMILES string of the molecule is O=C1NCCN1c1ccccc1CNO. The molecule has 80 valence electrons. The van der Waals surface area contributed by atoms with E-state index in [4.69, 9.17) is 5.21 Å². The van der Waals surface area contributed by atoms with E-state index < -0.39 is 0 Å². The number of para-hydroxylation sites is 1. The lowest BCUT2D eigenvalue weighted by molar-refractivity contribution is 0.161. The van der Waals surface area contributed by atoms with Crippen molar-refractivity contribution in [3.8, 4) is 0 Å². The minimum absolute atomic E-state index is 0.0830. The quantitative estimate of drug-likeness (QED) is 0.639. The summed E-state index contributed by atoms with van der Waals surface area (Å²) in [4.78, 5) is 13.1. The highest BCUT2D eigenvalue weighted by molar-refractivity contribution is 5.94. The number of hydrogen-bond donors (Lipinski definition) is 3. The average molecular weight is 207 g/mol. The minimum Gasteiger partial charge on any atom is -0.336 e. The lowest BCUT2D eigenvalue weighted by atomic mass is 10.1. The first-order valence-corrected chi connectivity index (χ1v) is 4.83. The summed E-state index contributed by atoms with van der Waals surface area (Å²) < 4.78 is 0. The van der Waals surface area contributed by atoms with Gasteiger partial charge in [0.05, 0.1) is 5.69 Å². The lowest BCUT2D eigenvalue weighted by Gasteiger charge is -2.17. The van der Waals surface area contributed by atoms with Gasteiger partial charge in [0.1, 0.15) is 0 Å². The molecule has 1 aromatic rings. The molecule has 2 rings (SSSR count). The van der Waals surface area contributed by atoms with Crippen LogP contribution in [-0.4, -0.2) is 24.3 Å². The standard InChI is InChI=1S/C10H13N3O2/c14-10-11-5-6-13(10)9-4-2-1-3-8(9)7-12-15/h1-4,12,15H,5-7H2,(H,11,14). The molecule has 1 heterocycles. The third kappa shape index (κ3) is 1.93. The van der Waals surface area contributed by atoms with Crippen LogP contribution < -0.4 is 15.7 Å². The molecule has 1 aromatic carbocycles. The highest BCUT2D eigenvalue weighted by atomic mass is 16.5. The Morgan fingerprint density at radius 1 is 1.47 bits per heavy atom. The summed E-state index contributed by atoms with van der Waals surface area (Å²) in [5.74, 6) is 0. The van der Waals surface area contributed by atoms with E-state index in [1.807, 2.05) is 24.3 Å². The molecule has 0 saturated carbocycles. The molecule has 3 N–H and O–H groups in total. The van der Waals surface area contributed by atoms with Crippen LogP contribution in [0.5, 0.6) is 0 Å². The van der Waals surface area contributed by atoms with E-state index in [2.05, 4.69) is 10.8 Å². The van der Waals surface area contributed by atoms with E-state index in [9.17, 15) is 4.79 Å². The first kappa shape index (κ1) is 9.95. The lowest BCUT2D eigenvalue weighted by Crippen LogP contribution is -2.29. The average Bonchev–Trinajstić information content (AvgIpc) is 2.66. The van der Waals surface area contributed by atoms with Crippen molar-refractivity contribution in [2.75, 3.05) is 18.0 Å². The van der Waals surface area contributed by atoms with Gasteiger partial charge in [-0.1, -0.05) is 18.2 Å².